The molecule has 2 aromatic rings. The van der Waals surface area contributed by atoms with E-state index in [1.54, 1.807) is 0 Å². The summed E-state index contributed by atoms with van der Waals surface area (Å²) in [6.45, 7) is 0.348. The molecular formula is C11H9ClN2O3. The molecule has 3 rings (SSSR count). The number of ether oxygens (including phenoxy) is 2. The van der Waals surface area contributed by atoms with Gasteiger partial charge in [0.05, 0.1) is 5.88 Å². The lowest BCUT2D eigenvalue weighted by atomic mass is 10.2. The van der Waals surface area contributed by atoms with E-state index < -0.39 is 0 Å². The summed E-state index contributed by atoms with van der Waals surface area (Å²) in [6, 6.07) is 7.45. The van der Waals surface area contributed by atoms with E-state index in [4.69, 9.17) is 25.6 Å². The molecule has 0 saturated carbocycles. The van der Waals surface area contributed by atoms with E-state index in [9.17, 15) is 0 Å². The fraction of sp³-hybridized carbons (Fsp3) is 0.273. The van der Waals surface area contributed by atoms with Gasteiger partial charge in [0.1, 0.15) is 6.61 Å². The summed E-state index contributed by atoms with van der Waals surface area (Å²) in [5.74, 6) is 2.45. The van der Waals surface area contributed by atoms with Crippen LogP contribution >= 0.6 is 11.6 Å². The highest BCUT2D eigenvalue weighted by Gasteiger charge is 2.27. The number of para-hydroxylation sites is 2. The molecular weight excluding hydrogens is 244 g/mol. The fourth-order valence-electron chi connectivity index (χ4n) is 1.59. The standard InChI is InChI=1S/C11H9ClN2O3/c12-5-10-13-11(17-14-10)9-6-15-7-3-1-2-4-8(7)16-9/h1-4,9H,5-6H2. The number of aromatic nitrogens is 2. The quantitative estimate of drug-likeness (QED) is 0.768. The predicted molar refractivity (Wildman–Crippen MR) is 59.2 cm³/mol. The monoisotopic (exact) mass is 252 g/mol. The van der Waals surface area contributed by atoms with Crippen molar-refractivity contribution in [3.05, 3.63) is 36.0 Å². The largest absolute Gasteiger partial charge is 0.485 e. The van der Waals surface area contributed by atoms with Crippen LogP contribution in [-0.4, -0.2) is 16.7 Å². The van der Waals surface area contributed by atoms with Gasteiger partial charge in [0.25, 0.3) is 5.89 Å². The maximum atomic E-state index is 5.71. The Hall–Kier alpha value is -1.75. The molecule has 0 amide bonds. The van der Waals surface area contributed by atoms with Gasteiger partial charge in [-0.1, -0.05) is 17.3 Å². The number of nitrogens with zero attached hydrogens (tertiary/aromatic N) is 2. The lowest BCUT2D eigenvalue weighted by Crippen LogP contribution is -2.21. The number of halogens is 1. The van der Waals surface area contributed by atoms with E-state index in [1.807, 2.05) is 24.3 Å². The second-order valence-corrected chi connectivity index (χ2v) is 3.81. The number of fused-ring (bicyclic) bond motifs is 1. The van der Waals surface area contributed by atoms with Gasteiger partial charge in [-0.15, -0.1) is 11.6 Å². The lowest BCUT2D eigenvalue weighted by molar-refractivity contribution is 0.0665. The van der Waals surface area contributed by atoms with Crippen LogP contribution in [0.15, 0.2) is 28.8 Å². The molecule has 1 aliphatic heterocycles. The summed E-state index contributed by atoms with van der Waals surface area (Å²) >= 11 is 5.60. The number of rotatable bonds is 2. The molecule has 0 saturated heterocycles. The van der Waals surface area contributed by atoms with Crippen LogP contribution in [0, 0.1) is 0 Å². The highest BCUT2D eigenvalue weighted by Crippen LogP contribution is 2.35. The van der Waals surface area contributed by atoms with Gasteiger partial charge in [-0.25, -0.2) is 0 Å². The van der Waals surface area contributed by atoms with Crippen LogP contribution in [0.1, 0.15) is 17.8 Å². The summed E-state index contributed by atoms with van der Waals surface area (Å²) in [4.78, 5) is 4.11. The second-order valence-electron chi connectivity index (χ2n) is 3.55. The summed E-state index contributed by atoms with van der Waals surface area (Å²) in [5, 5.41) is 3.71. The minimum Gasteiger partial charge on any atom is -0.485 e. The third kappa shape index (κ3) is 1.93. The summed E-state index contributed by atoms with van der Waals surface area (Å²) in [6.07, 6.45) is -0.380. The Morgan fingerprint density at radius 2 is 2.12 bits per heavy atom. The van der Waals surface area contributed by atoms with Crippen LogP contribution in [0.5, 0.6) is 11.5 Å². The maximum Gasteiger partial charge on any atom is 0.271 e. The molecule has 1 aromatic heterocycles. The molecule has 1 aromatic carbocycles. The molecule has 0 spiro atoms. The van der Waals surface area contributed by atoms with Gasteiger partial charge in [-0.2, -0.15) is 4.98 Å². The molecule has 1 atom stereocenters. The second kappa shape index (κ2) is 4.25. The smallest absolute Gasteiger partial charge is 0.271 e. The summed E-state index contributed by atoms with van der Waals surface area (Å²) in [7, 11) is 0. The van der Waals surface area contributed by atoms with Crippen LogP contribution in [0.2, 0.25) is 0 Å². The molecule has 0 radical (unpaired) electrons. The van der Waals surface area contributed by atoms with Crippen molar-refractivity contribution in [2.24, 2.45) is 0 Å². The van der Waals surface area contributed by atoms with Crippen LogP contribution in [-0.2, 0) is 5.88 Å². The van der Waals surface area contributed by atoms with Gasteiger partial charge in [-0.3, -0.25) is 0 Å². The molecule has 1 aliphatic rings. The van der Waals surface area contributed by atoms with Crippen molar-refractivity contribution < 1.29 is 14.0 Å². The number of alkyl halides is 1. The first-order valence-electron chi connectivity index (χ1n) is 5.14. The van der Waals surface area contributed by atoms with Crippen molar-refractivity contribution in [1.82, 2.24) is 10.1 Å². The Labute approximate surface area is 102 Å². The molecule has 1 unspecified atom stereocenters. The molecule has 0 N–H and O–H groups in total. The predicted octanol–water partition coefficient (Wildman–Crippen LogP) is 2.32. The van der Waals surface area contributed by atoms with Gasteiger partial charge in [-0.05, 0) is 12.1 Å². The van der Waals surface area contributed by atoms with E-state index in [1.165, 1.54) is 0 Å². The maximum absolute atomic E-state index is 5.71. The average Bonchev–Trinajstić information content (AvgIpc) is 2.87. The Kier molecular flexibility index (Phi) is 2.60. The number of benzene rings is 1. The van der Waals surface area contributed by atoms with Gasteiger partial charge < -0.3 is 14.0 Å². The molecule has 5 nitrogen and oxygen atoms in total. The van der Waals surface area contributed by atoms with Crippen LogP contribution in [0.4, 0.5) is 0 Å². The van der Waals surface area contributed by atoms with Crippen LogP contribution in [0.25, 0.3) is 0 Å². The van der Waals surface area contributed by atoms with Gasteiger partial charge >= 0.3 is 0 Å². The zero-order chi connectivity index (χ0) is 11.7. The van der Waals surface area contributed by atoms with E-state index in [0.717, 1.165) is 5.75 Å². The average molecular weight is 253 g/mol. The Morgan fingerprint density at radius 1 is 1.29 bits per heavy atom. The first-order valence-corrected chi connectivity index (χ1v) is 5.67. The van der Waals surface area contributed by atoms with Gasteiger partial charge in [0.2, 0.25) is 6.10 Å². The Balaban J connectivity index is 1.84. The van der Waals surface area contributed by atoms with Crippen molar-refractivity contribution in [2.45, 2.75) is 12.0 Å². The van der Waals surface area contributed by atoms with E-state index in [0.29, 0.717) is 24.1 Å². The van der Waals surface area contributed by atoms with E-state index in [-0.39, 0.29) is 12.0 Å². The van der Waals surface area contributed by atoms with Crippen LogP contribution < -0.4 is 9.47 Å². The molecule has 2 heterocycles. The van der Waals surface area contributed by atoms with Crippen LogP contribution in [0.3, 0.4) is 0 Å². The molecule has 0 fully saturated rings. The van der Waals surface area contributed by atoms with Crippen molar-refractivity contribution in [3.63, 3.8) is 0 Å². The fourth-order valence-corrected chi connectivity index (χ4v) is 1.70. The van der Waals surface area contributed by atoms with Crippen molar-refractivity contribution in [1.29, 1.82) is 0 Å². The molecule has 0 aliphatic carbocycles. The first kappa shape index (κ1) is 10.4. The highest BCUT2D eigenvalue weighted by atomic mass is 35.5. The summed E-state index contributed by atoms with van der Waals surface area (Å²) < 4.78 is 16.3. The molecule has 88 valence electrons. The third-order valence-corrected chi connectivity index (χ3v) is 2.63. The van der Waals surface area contributed by atoms with Gasteiger partial charge in [0, 0.05) is 0 Å². The van der Waals surface area contributed by atoms with Crippen molar-refractivity contribution >= 4 is 11.6 Å². The lowest BCUT2D eigenvalue weighted by Gasteiger charge is -2.23. The number of hydrogen-bond donors (Lipinski definition) is 0. The van der Waals surface area contributed by atoms with Gasteiger partial charge in [0.15, 0.2) is 17.3 Å². The zero-order valence-corrected chi connectivity index (χ0v) is 9.55. The first-order chi connectivity index (χ1) is 8.36. The third-order valence-electron chi connectivity index (χ3n) is 2.39. The normalized spacial score (nSPS) is 18.1. The molecule has 0 bridgehead atoms. The topological polar surface area (TPSA) is 57.4 Å². The molecule has 17 heavy (non-hydrogen) atoms. The highest BCUT2D eigenvalue weighted by molar-refractivity contribution is 6.16. The minimum absolute atomic E-state index is 0.216. The number of hydrogen-bond acceptors (Lipinski definition) is 5. The Morgan fingerprint density at radius 3 is 2.88 bits per heavy atom. The Bertz CT molecular complexity index is 529. The summed E-state index contributed by atoms with van der Waals surface area (Å²) in [5.41, 5.74) is 0. The van der Waals surface area contributed by atoms with E-state index in [2.05, 4.69) is 10.1 Å². The van der Waals surface area contributed by atoms with E-state index >= 15 is 0 Å². The molecule has 6 heteroatoms. The SMILES string of the molecule is ClCc1noc(C2COc3ccccc3O2)n1. The van der Waals surface area contributed by atoms with Crippen molar-refractivity contribution in [3.8, 4) is 11.5 Å². The van der Waals surface area contributed by atoms with Crippen molar-refractivity contribution in [2.75, 3.05) is 6.61 Å². The minimum atomic E-state index is -0.380. The zero-order valence-electron chi connectivity index (χ0n) is 8.80.